The van der Waals surface area contributed by atoms with Crippen LogP contribution in [0.1, 0.15) is 17.2 Å². The molecule has 2 aromatic carbocycles. The lowest BCUT2D eigenvalue weighted by molar-refractivity contribution is 0.402. The van der Waals surface area contributed by atoms with Crippen molar-refractivity contribution in [3.8, 4) is 5.75 Å². The molecule has 21 heavy (non-hydrogen) atoms. The van der Waals surface area contributed by atoms with Gasteiger partial charge in [0, 0.05) is 17.7 Å². The zero-order chi connectivity index (χ0) is 15.4. The number of benzene rings is 2. The predicted molar refractivity (Wildman–Crippen MR) is 73.1 cm³/mol. The number of ether oxygens (including phenoxy) is 1. The van der Waals surface area contributed by atoms with Gasteiger partial charge in [0.15, 0.2) is 0 Å². The molecule has 0 spiro atoms. The van der Waals surface area contributed by atoms with Gasteiger partial charge in [-0.25, -0.2) is 13.2 Å². The summed E-state index contributed by atoms with van der Waals surface area (Å²) in [6.45, 7) is 0. The summed E-state index contributed by atoms with van der Waals surface area (Å²) in [7, 11) is 1.50. The van der Waals surface area contributed by atoms with Crippen LogP contribution in [0.5, 0.6) is 5.75 Å². The molecule has 0 aliphatic rings. The second-order valence-electron chi connectivity index (χ2n) is 4.52. The molecule has 1 unspecified atom stereocenters. The highest BCUT2D eigenvalue weighted by molar-refractivity contribution is 5.35. The Hall–Kier alpha value is -2.05. The van der Waals surface area contributed by atoms with Gasteiger partial charge in [0.05, 0.1) is 13.2 Å². The first kappa shape index (κ1) is 15.3. The van der Waals surface area contributed by atoms with Gasteiger partial charge in [0.2, 0.25) is 0 Å². The van der Waals surface area contributed by atoms with E-state index in [4.69, 9.17) is 10.6 Å². The number of methoxy groups -OCH3 is 1. The first-order chi connectivity index (χ1) is 10.1. The maximum atomic E-state index is 13.8. The third kappa shape index (κ3) is 3.34. The maximum absolute atomic E-state index is 13.8. The molecule has 0 fully saturated rings. The fourth-order valence-corrected chi connectivity index (χ4v) is 2.22. The van der Waals surface area contributed by atoms with Crippen LogP contribution in [0.2, 0.25) is 0 Å². The number of halogens is 3. The van der Waals surface area contributed by atoms with Crippen molar-refractivity contribution in [3.63, 3.8) is 0 Å². The third-order valence-electron chi connectivity index (χ3n) is 3.21. The smallest absolute Gasteiger partial charge is 0.133 e. The molecule has 0 aliphatic heterocycles. The second kappa shape index (κ2) is 6.60. The van der Waals surface area contributed by atoms with Crippen molar-refractivity contribution in [1.29, 1.82) is 0 Å². The topological polar surface area (TPSA) is 47.3 Å². The maximum Gasteiger partial charge on any atom is 0.133 e. The summed E-state index contributed by atoms with van der Waals surface area (Å²) in [6.07, 6.45) is 0.194. The normalized spacial score (nSPS) is 12.2. The van der Waals surface area contributed by atoms with E-state index < -0.39 is 23.5 Å². The number of nitrogens with one attached hydrogen (secondary N) is 1. The Morgan fingerprint density at radius 3 is 2.33 bits per heavy atom. The standard InChI is InChI=1S/C15H15F3N2O/c1-21-14-5-3-2-4-9(14)6-13(20-19)15-11(17)7-10(16)8-12(15)18/h2-5,7-8,13,20H,6,19H2,1H3. The van der Waals surface area contributed by atoms with Crippen LogP contribution in [0, 0.1) is 17.5 Å². The van der Waals surface area contributed by atoms with Gasteiger partial charge in [-0.1, -0.05) is 18.2 Å². The zero-order valence-electron chi connectivity index (χ0n) is 11.4. The lowest BCUT2D eigenvalue weighted by atomic mass is 9.97. The monoisotopic (exact) mass is 296 g/mol. The molecule has 112 valence electrons. The molecule has 0 saturated carbocycles. The SMILES string of the molecule is COc1ccccc1CC(NN)c1c(F)cc(F)cc1F. The van der Waals surface area contributed by atoms with Crippen molar-refractivity contribution in [2.24, 2.45) is 5.84 Å². The summed E-state index contributed by atoms with van der Waals surface area (Å²) in [6, 6.07) is 7.48. The summed E-state index contributed by atoms with van der Waals surface area (Å²) in [4.78, 5) is 0. The molecule has 2 rings (SSSR count). The van der Waals surface area contributed by atoms with Crippen LogP contribution < -0.4 is 16.0 Å². The average molecular weight is 296 g/mol. The van der Waals surface area contributed by atoms with Crippen LogP contribution in [0.15, 0.2) is 36.4 Å². The first-order valence-corrected chi connectivity index (χ1v) is 6.29. The summed E-state index contributed by atoms with van der Waals surface area (Å²) in [5.41, 5.74) is 2.79. The van der Waals surface area contributed by atoms with E-state index in [1.165, 1.54) is 7.11 Å². The van der Waals surface area contributed by atoms with Gasteiger partial charge in [-0.2, -0.15) is 0 Å². The molecule has 6 heteroatoms. The molecular weight excluding hydrogens is 281 g/mol. The highest BCUT2D eigenvalue weighted by Gasteiger charge is 2.22. The minimum atomic E-state index is -0.981. The van der Waals surface area contributed by atoms with Crippen LogP contribution in [0.25, 0.3) is 0 Å². The highest BCUT2D eigenvalue weighted by Crippen LogP contribution is 2.28. The molecule has 0 heterocycles. The molecule has 1 atom stereocenters. The van der Waals surface area contributed by atoms with Gasteiger partial charge in [-0.15, -0.1) is 0 Å². The van der Waals surface area contributed by atoms with E-state index >= 15 is 0 Å². The van der Waals surface area contributed by atoms with Gasteiger partial charge >= 0.3 is 0 Å². The molecule has 0 aliphatic carbocycles. The molecule has 0 aromatic heterocycles. The minimum Gasteiger partial charge on any atom is -0.496 e. The number of rotatable bonds is 5. The van der Waals surface area contributed by atoms with E-state index in [2.05, 4.69) is 5.43 Å². The molecule has 3 nitrogen and oxygen atoms in total. The Kier molecular flexibility index (Phi) is 4.82. The van der Waals surface area contributed by atoms with E-state index in [0.29, 0.717) is 17.9 Å². The van der Waals surface area contributed by atoms with E-state index in [1.54, 1.807) is 24.3 Å². The summed E-state index contributed by atoms with van der Waals surface area (Å²) < 4.78 is 45.8. The number of para-hydroxylation sites is 1. The number of hydrogen-bond donors (Lipinski definition) is 2. The molecule has 2 aromatic rings. The first-order valence-electron chi connectivity index (χ1n) is 6.29. The molecule has 0 bridgehead atoms. The Bertz CT molecular complexity index is 611. The zero-order valence-corrected chi connectivity index (χ0v) is 11.4. The second-order valence-corrected chi connectivity index (χ2v) is 4.52. The van der Waals surface area contributed by atoms with Crippen molar-refractivity contribution >= 4 is 0 Å². The van der Waals surface area contributed by atoms with Crippen molar-refractivity contribution in [1.82, 2.24) is 5.43 Å². The summed E-state index contributed by atoms with van der Waals surface area (Å²) in [5.74, 6) is 3.05. The van der Waals surface area contributed by atoms with Gasteiger partial charge in [-0.3, -0.25) is 11.3 Å². The largest absolute Gasteiger partial charge is 0.496 e. The average Bonchev–Trinajstić information content (AvgIpc) is 2.45. The van der Waals surface area contributed by atoms with Crippen LogP contribution in [0.4, 0.5) is 13.2 Å². The van der Waals surface area contributed by atoms with Crippen LogP contribution >= 0.6 is 0 Å². The molecule has 3 N–H and O–H groups in total. The van der Waals surface area contributed by atoms with Crippen molar-refractivity contribution in [2.75, 3.05) is 7.11 Å². The van der Waals surface area contributed by atoms with E-state index in [0.717, 1.165) is 5.56 Å². The summed E-state index contributed by atoms with van der Waals surface area (Å²) in [5, 5.41) is 0. The Morgan fingerprint density at radius 2 is 1.76 bits per heavy atom. The predicted octanol–water partition coefficient (Wildman–Crippen LogP) is 2.86. The number of hydrazine groups is 1. The Balaban J connectivity index is 2.37. The van der Waals surface area contributed by atoms with Crippen LogP contribution in [0.3, 0.4) is 0 Å². The van der Waals surface area contributed by atoms with Gasteiger partial charge < -0.3 is 4.74 Å². The quantitative estimate of drug-likeness (QED) is 0.659. The van der Waals surface area contributed by atoms with Gasteiger partial charge in [0.1, 0.15) is 23.2 Å². The fourth-order valence-electron chi connectivity index (χ4n) is 2.22. The van der Waals surface area contributed by atoms with E-state index in [9.17, 15) is 13.2 Å². The van der Waals surface area contributed by atoms with Crippen molar-refractivity contribution in [3.05, 3.63) is 65.0 Å². The van der Waals surface area contributed by atoms with Gasteiger partial charge in [-0.05, 0) is 18.1 Å². The Labute approximate surface area is 120 Å². The van der Waals surface area contributed by atoms with Crippen LogP contribution in [-0.4, -0.2) is 7.11 Å². The fraction of sp³-hybridized carbons (Fsp3) is 0.200. The minimum absolute atomic E-state index is 0.194. The van der Waals surface area contributed by atoms with E-state index in [-0.39, 0.29) is 12.0 Å². The van der Waals surface area contributed by atoms with Crippen LogP contribution in [-0.2, 0) is 6.42 Å². The lowest BCUT2D eigenvalue weighted by Gasteiger charge is -2.19. The lowest BCUT2D eigenvalue weighted by Crippen LogP contribution is -2.31. The molecule has 0 saturated heterocycles. The van der Waals surface area contributed by atoms with Gasteiger partial charge in [0.25, 0.3) is 0 Å². The molecular formula is C15H15F3N2O. The van der Waals surface area contributed by atoms with Crippen molar-refractivity contribution < 1.29 is 17.9 Å². The highest BCUT2D eigenvalue weighted by atomic mass is 19.1. The summed E-state index contributed by atoms with van der Waals surface area (Å²) >= 11 is 0. The van der Waals surface area contributed by atoms with Crippen molar-refractivity contribution in [2.45, 2.75) is 12.5 Å². The Morgan fingerprint density at radius 1 is 1.14 bits per heavy atom. The molecule has 0 amide bonds. The third-order valence-corrected chi connectivity index (χ3v) is 3.21. The molecule has 0 radical (unpaired) electrons. The van der Waals surface area contributed by atoms with E-state index in [1.807, 2.05) is 0 Å². The number of nitrogens with two attached hydrogens (primary N) is 1. The number of hydrogen-bond acceptors (Lipinski definition) is 3.